The third-order valence-electron chi connectivity index (χ3n) is 6.39. The maximum atomic E-state index is 12.0. The normalized spacial score (nSPS) is 13.3. The maximum Gasteiger partial charge on any atom is 0.314 e. The van der Waals surface area contributed by atoms with Crippen LogP contribution >= 0.6 is 0 Å². The van der Waals surface area contributed by atoms with E-state index in [1.807, 2.05) is 6.92 Å². The average Bonchev–Trinajstić information content (AvgIpc) is 2.72. The van der Waals surface area contributed by atoms with Crippen molar-refractivity contribution in [3.8, 4) is 5.75 Å². The molecule has 1 aromatic carbocycles. The lowest BCUT2D eigenvalue weighted by Gasteiger charge is -2.29. The van der Waals surface area contributed by atoms with Gasteiger partial charge in [0.15, 0.2) is 0 Å². The molecule has 0 aliphatic heterocycles. The van der Waals surface area contributed by atoms with Gasteiger partial charge >= 0.3 is 5.97 Å². The molecule has 166 valence electrons. The Morgan fingerprint density at radius 2 is 1.14 bits per heavy atom. The molecule has 3 heteroatoms. The summed E-state index contributed by atoms with van der Waals surface area (Å²) in [5, 5.41) is 19.4. The fourth-order valence-corrected chi connectivity index (χ4v) is 4.31. The van der Waals surface area contributed by atoms with Gasteiger partial charge in [0.1, 0.15) is 5.75 Å². The third kappa shape index (κ3) is 9.69. The molecule has 0 amide bonds. The van der Waals surface area contributed by atoms with Crippen LogP contribution in [-0.2, 0) is 10.2 Å². The number of carbonyl (C=O) groups is 1. The fraction of sp³-hybridized carbons (Fsp3) is 0.731. The topological polar surface area (TPSA) is 57.5 Å². The molecule has 3 nitrogen and oxygen atoms in total. The summed E-state index contributed by atoms with van der Waals surface area (Å²) < 4.78 is 0. The maximum absolute atomic E-state index is 12.0. The van der Waals surface area contributed by atoms with Crippen molar-refractivity contribution in [1.29, 1.82) is 0 Å². The summed E-state index contributed by atoms with van der Waals surface area (Å²) in [6.07, 6.45) is 19.5. The first-order valence-corrected chi connectivity index (χ1v) is 12.1. The highest BCUT2D eigenvalue weighted by Crippen LogP contribution is 2.35. The Kier molecular flexibility index (Phi) is 13.5. The van der Waals surface area contributed by atoms with E-state index in [1.54, 1.807) is 24.3 Å². The number of phenolic OH excluding ortho intramolecular Hbond substituents is 1. The molecular formula is C26H44O3. The number of hydrogen-bond acceptors (Lipinski definition) is 2. The van der Waals surface area contributed by atoms with E-state index in [0.29, 0.717) is 12.8 Å². The van der Waals surface area contributed by atoms with Gasteiger partial charge in [-0.25, -0.2) is 0 Å². The molecule has 2 N–H and O–H groups in total. The highest BCUT2D eigenvalue weighted by molar-refractivity contribution is 5.81. The summed E-state index contributed by atoms with van der Waals surface area (Å²) in [6, 6.07) is 6.70. The van der Waals surface area contributed by atoms with Gasteiger partial charge in [0.05, 0.1) is 5.41 Å². The van der Waals surface area contributed by atoms with Crippen molar-refractivity contribution < 1.29 is 15.0 Å². The Morgan fingerprint density at radius 1 is 0.724 bits per heavy atom. The number of carboxylic acids is 1. The molecule has 0 fully saturated rings. The lowest BCUT2D eigenvalue weighted by molar-refractivity contribution is -0.144. The molecular weight excluding hydrogens is 360 g/mol. The Hall–Kier alpha value is -1.51. The molecule has 0 bridgehead atoms. The van der Waals surface area contributed by atoms with Crippen LogP contribution in [0.3, 0.4) is 0 Å². The summed E-state index contributed by atoms with van der Waals surface area (Å²) in [5.74, 6) is -0.569. The zero-order chi connectivity index (χ0) is 21.4. The molecule has 0 radical (unpaired) electrons. The van der Waals surface area contributed by atoms with Gasteiger partial charge in [0.25, 0.3) is 0 Å². The van der Waals surface area contributed by atoms with E-state index >= 15 is 0 Å². The smallest absolute Gasteiger partial charge is 0.314 e. The van der Waals surface area contributed by atoms with Crippen molar-refractivity contribution in [2.75, 3.05) is 0 Å². The standard InChI is InChI=1S/C26H44O3/c1-3-5-6-7-8-9-10-11-12-13-14-15-16-17-22-26(4-2,25(28)29)23-18-20-24(27)21-19-23/h18-21,27H,3-17,22H2,1-2H3,(H,28,29). The number of aromatic hydroxyl groups is 1. The number of aliphatic carboxylic acids is 1. The fourth-order valence-electron chi connectivity index (χ4n) is 4.31. The molecule has 1 atom stereocenters. The van der Waals surface area contributed by atoms with Gasteiger partial charge in [-0.05, 0) is 30.5 Å². The van der Waals surface area contributed by atoms with Crippen molar-refractivity contribution >= 4 is 5.97 Å². The van der Waals surface area contributed by atoms with Crippen molar-refractivity contribution in [3.63, 3.8) is 0 Å². The van der Waals surface area contributed by atoms with Gasteiger partial charge in [-0.2, -0.15) is 0 Å². The predicted molar refractivity (Wildman–Crippen MR) is 123 cm³/mol. The molecule has 1 aromatic rings. The van der Waals surface area contributed by atoms with Crippen molar-refractivity contribution in [1.82, 2.24) is 0 Å². The minimum atomic E-state index is -0.829. The van der Waals surface area contributed by atoms with Gasteiger partial charge in [-0.1, -0.05) is 116 Å². The average molecular weight is 405 g/mol. The van der Waals surface area contributed by atoms with Crippen molar-refractivity contribution in [2.24, 2.45) is 0 Å². The molecule has 0 saturated carbocycles. The predicted octanol–water partition coefficient (Wildman–Crippen LogP) is 8.00. The van der Waals surface area contributed by atoms with E-state index in [1.165, 1.54) is 77.0 Å². The zero-order valence-corrected chi connectivity index (χ0v) is 18.9. The van der Waals surface area contributed by atoms with Crippen LogP contribution in [0, 0.1) is 0 Å². The molecule has 0 saturated heterocycles. The summed E-state index contributed by atoms with van der Waals surface area (Å²) in [7, 11) is 0. The second kappa shape index (κ2) is 15.3. The summed E-state index contributed by atoms with van der Waals surface area (Å²) in [5.41, 5.74) is -0.0230. The highest BCUT2D eigenvalue weighted by Gasteiger charge is 2.37. The van der Waals surface area contributed by atoms with Gasteiger partial charge < -0.3 is 10.2 Å². The van der Waals surface area contributed by atoms with Crippen LogP contribution < -0.4 is 0 Å². The number of hydrogen-bond donors (Lipinski definition) is 2. The summed E-state index contributed by atoms with van der Waals surface area (Å²) in [6.45, 7) is 4.22. The lowest BCUT2D eigenvalue weighted by atomic mass is 9.74. The van der Waals surface area contributed by atoms with Gasteiger partial charge in [0.2, 0.25) is 0 Å². The molecule has 0 aliphatic rings. The van der Waals surface area contributed by atoms with E-state index in [0.717, 1.165) is 18.4 Å². The Labute approximate surface area is 178 Å². The van der Waals surface area contributed by atoms with Crippen LogP contribution in [0.15, 0.2) is 24.3 Å². The molecule has 29 heavy (non-hydrogen) atoms. The largest absolute Gasteiger partial charge is 0.508 e. The minimum absolute atomic E-state index is 0.181. The number of rotatable bonds is 18. The molecule has 0 spiro atoms. The van der Waals surface area contributed by atoms with Crippen LogP contribution in [0.5, 0.6) is 5.75 Å². The Bertz CT molecular complexity index is 537. The van der Waals surface area contributed by atoms with E-state index in [9.17, 15) is 15.0 Å². The van der Waals surface area contributed by atoms with E-state index in [-0.39, 0.29) is 5.75 Å². The molecule has 1 unspecified atom stereocenters. The number of carboxylic acid groups (broad SMARTS) is 1. The first-order valence-electron chi connectivity index (χ1n) is 12.1. The van der Waals surface area contributed by atoms with Crippen molar-refractivity contribution in [3.05, 3.63) is 29.8 Å². The molecule has 0 aliphatic carbocycles. The van der Waals surface area contributed by atoms with E-state index < -0.39 is 11.4 Å². The van der Waals surface area contributed by atoms with Gasteiger partial charge in [-0.15, -0.1) is 0 Å². The third-order valence-corrected chi connectivity index (χ3v) is 6.39. The van der Waals surface area contributed by atoms with Crippen LogP contribution in [0.4, 0.5) is 0 Å². The van der Waals surface area contributed by atoms with Crippen molar-refractivity contribution in [2.45, 2.75) is 122 Å². The zero-order valence-electron chi connectivity index (χ0n) is 18.9. The number of benzene rings is 1. The van der Waals surface area contributed by atoms with Gasteiger partial charge in [-0.3, -0.25) is 4.79 Å². The SMILES string of the molecule is CCCCCCCCCCCCCCCCC(CC)(C(=O)O)c1ccc(O)cc1. The van der Waals surface area contributed by atoms with Crippen LogP contribution in [0.25, 0.3) is 0 Å². The lowest BCUT2D eigenvalue weighted by Crippen LogP contribution is -2.35. The molecule has 0 aromatic heterocycles. The quantitative estimate of drug-likeness (QED) is 0.244. The Morgan fingerprint density at radius 3 is 1.52 bits per heavy atom. The number of phenols is 1. The minimum Gasteiger partial charge on any atom is -0.508 e. The monoisotopic (exact) mass is 404 g/mol. The van der Waals surface area contributed by atoms with E-state index in [2.05, 4.69) is 6.92 Å². The summed E-state index contributed by atoms with van der Waals surface area (Å²) >= 11 is 0. The second-order valence-corrected chi connectivity index (χ2v) is 8.63. The molecule has 0 heterocycles. The van der Waals surface area contributed by atoms with Crippen LogP contribution in [0.2, 0.25) is 0 Å². The number of unbranched alkanes of at least 4 members (excludes halogenated alkanes) is 13. The highest BCUT2D eigenvalue weighted by atomic mass is 16.4. The first kappa shape index (κ1) is 25.5. The Balaban J connectivity index is 2.16. The van der Waals surface area contributed by atoms with Crippen LogP contribution in [-0.4, -0.2) is 16.2 Å². The van der Waals surface area contributed by atoms with Crippen LogP contribution in [0.1, 0.15) is 122 Å². The second-order valence-electron chi connectivity index (χ2n) is 8.63. The van der Waals surface area contributed by atoms with Gasteiger partial charge in [0, 0.05) is 0 Å². The molecule has 1 rings (SSSR count). The summed E-state index contributed by atoms with van der Waals surface area (Å²) in [4.78, 5) is 12.0. The first-order chi connectivity index (χ1) is 14.1. The van der Waals surface area contributed by atoms with E-state index in [4.69, 9.17) is 0 Å².